The van der Waals surface area contributed by atoms with E-state index >= 15 is 0 Å². The second-order valence-electron chi connectivity index (χ2n) is 6.00. The average Bonchev–Trinajstić information content (AvgIpc) is 2.40. The third-order valence-electron chi connectivity index (χ3n) is 4.20. The zero-order valence-corrected chi connectivity index (χ0v) is 13.4. The Hall–Kier alpha value is -0.0400. The van der Waals surface area contributed by atoms with Gasteiger partial charge in [0.2, 0.25) is 0 Å². The van der Waals surface area contributed by atoms with Crippen molar-refractivity contribution in [2.45, 2.75) is 97.4 Å². The van der Waals surface area contributed by atoms with Crippen LogP contribution in [0.1, 0.15) is 91.4 Å². The van der Waals surface area contributed by atoms with Crippen LogP contribution in [0.25, 0.3) is 0 Å². The van der Waals surface area contributed by atoms with Gasteiger partial charge in [-0.2, -0.15) is 0 Å². The van der Waals surface area contributed by atoms with E-state index in [1.54, 1.807) is 0 Å². The maximum atomic E-state index is 3.49. The molecule has 18 heavy (non-hydrogen) atoms. The first kappa shape index (κ1) is 18.0. The van der Waals surface area contributed by atoms with E-state index < -0.39 is 0 Å². The van der Waals surface area contributed by atoms with E-state index in [4.69, 9.17) is 0 Å². The Morgan fingerprint density at radius 2 is 1.39 bits per heavy atom. The predicted molar refractivity (Wildman–Crippen MR) is 84.1 cm³/mol. The van der Waals surface area contributed by atoms with E-state index in [-0.39, 0.29) is 0 Å². The topological polar surface area (TPSA) is 12.0 Å². The first-order valence-corrected chi connectivity index (χ1v) is 8.41. The maximum absolute atomic E-state index is 3.49. The summed E-state index contributed by atoms with van der Waals surface area (Å²) in [7, 11) is 2.12. The van der Waals surface area contributed by atoms with Crippen LogP contribution in [0, 0.1) is 5.92 Å². The molecule has 0 amide bonds. The number of nitrogens with one attached hydrogen (secondary N) is 1. The molecule has 0 aliphatic heterocycles. The lowest BCUT2D eigenvalue weighted by atomic mass is 9.95. The van der Waals surface area contributed by atoms with Crippen molar-refractivity contribution in [2.75, 3.05) is 7.05 Å². The monoisotopic (exact) mass is 255 g/mol. The van der Waals surface area contributed by atoms with E-state index in [1.165, 1.54) is 70.6 Å². The van der Waals surface area contributed by atoms with Gasteiger partial charge in [0.05, 0.1) is 0 Å². The van der Waals surface area contributed by atoms with Crippen molar-refractivity contribution in [3.05, 3.63) is 0 Å². The van der Waals surface area contributed by atoms with Crippen LogP contribution in [0.5, 0.6) is 0 Å². The Kier molecular flexibility index (Phi) is 13.4. The Bertz CT molecular complexity index is 156. The molecule has 0 aliphatic rings. The quantitative estimate of drug-likeness (QED) is 0.426. The lowest BCUT2D eigenvalue weighted by Crippen LogP contribution is -2.27. The van der Waals surface area contributed by atoms with Crippen molar-refractivity contribution in [1.29, 1.82) is 0 Å². The summed E-state index contributed by atoms with van der Waals surface area (Å²) in [5.74, 6) is 0.872. The molecule has 0 aliphatic carbocycles. The van der Waals surface area contributed by atoms with Gasteiger partial charge in [-0.05, 0) is 25.8 Å². The summed E-state index contributed by atoms with van der Waals surface area (Å²) in [5, 5.41) is 3.49. The van der Waals surface area contributed by atoms with Gasteiger partial charge in [-0.25, -0.2) is 0 Å². The molecule has 0 aromatic rings. The molecule has 1 heteroatoms. The highest BCUT2D eigenvalue weighted by molar-refractivity contribution is 4.67. The predicted octanol–water partition coefficient (Wildman–Crippen LogP) is 5.54. The summed E-state index contributed by atoms with van der Waals surface area (Å²) < 4.78 is 0. The van der Waals surface area contributed by atoms with E-state index in [2.05, 4.69) is 33.1 Å². The number of hydrogen-bond acceptors (Lipinski definition) is 1. The highest BCUT2D eigenvalue weighted by atomic mass is 14.9. The molecule has 0 fully saturated rings. The van der Waals surface area contributed by atoms with Gasteiger partial charge in [-0.15, -0.1) is 0 Å². The zero-order valence-electron chi connectivity index (χ0n) is 13.4. The molecule has 0 bridgehead atoms. The van der Waals surface area contributed by atoms with Gasteiger partial charge < -0.3 is 5.32 Å². The van der Waals surface area contributed by atoms with E-state index in [0.717, 1.165) is 12.0 Å². The first-order valence-electron chi connectivity index (χ1n) is 8.41. The summed E-state index contributed by atoms with van der Waals surface area (Å²) in [6.45, 7) is 6.96. The van der Waals surface area contributed by atoms with Crippen molar-refractivity contribution in [3.63, 3.8) is 0 Å². The SMILES string of the molecule is CCCCCCCCCCC(CC(C)CC)NC. The van der Waals surface area contributed by atoms with Crippen molar-refractivity contribution < 1.29 is 0 Å². The van der Waals surface area contributed by atoms with Crippen LogP contribution in [0.2, 0.25) is 0 Å². The molecule has 0 saturated carbocycles. The number of unbranched alkanes of at least 4 members (excludes halogenated alkanes) is 7. The molecule has 110 valence electrons. The molecule has 0 spiro atoms. The van der Waals surface area contributed by atoms with Gasteiger partial charge >= 0.3 is 0 Å². The van der Waals surface area contributed by atoms with Gasteiger partial charge in [0, 0.05) is 6.04 Å². The molecule has 0 aromatic carbocycles. The van der Waals surface area contributed by atoms with Crippen LogP contribution >= 0.6 is 0 Å². The molecule has 0 radical (unpaired) electrons. The smallest absolute Gasteiger partial charge is 0.00665 e. The molecular formula is C17H37N. The van der Waals surface area contributed by atoms with Gasteiger partial charge in [0.1, 0.15) is 0 Å². The fourth-order valence-electron chi connectivity index (χ4n) is 2.56. The third-order valence-corrected chi connectivity index (χ3v) is 4.20. The minimum atomic E-state index is 0.750. The summed E-state index contributed by atoms with van der Waals surface area (Å²) in [5.41, 5.74) is 0. The minimum absolute atomic E-state index is 0.750. The largest absolute Gasteiger partial charge is 0.317 e. The van der Waals surface area contributed by atoms with E-state index in [1.807, 2.05) is 0 Å². The van der Waals surface area contributed by atoms with Crippen molar-refractivity contribution in [1.82, 2.24) is 5.32 Å². The Morgan fingerprint density at radius 1 is 0.833 bits per heavy atom. The molecule has 2 unspecified atom stereocenters. The van der Waals surface area contributed by atoms with Crippen LogP contribution in [0.3, 0.4) is 0 Å². The first-order chi connectivity index (χ1) is 8.74. The normalized spacial score (nSPS) is 14.7. The Labute approximate surface area is 116 Å². The van der Waals surface area contributed by atoms with Crippen molar-refractivity contribution >= 4 is 0 Å². The molecule has 0 aromatic heterocycles. The number of rotatable bonds is 13. The maximum Gasteiger partial charge on any atom is 0.00665 e. The van der Waals surface area contributed by atoms with E-state index in [9.17, 15) is 0 Å². The van der Waals surface area contributed by atoms with Crippen molar-refractivity contribution in [2.24, 2.45) is 5.92 Å². The van der Waals surface area contributed by atoms with Crippen LogP contribution in [0.4, 0.5) is 0 Å². The second kappa shape index (κ2) is 13.4. The fourth-order valence-corrected chi connectivity index (χ4v) is 2.56. The van der Waals surface area contributed by atoms with E-state index in [0.29, 0.717) is 0 Å². The van der Waals surface area contributed by atoms with Gasteiger partial charge in [0.15, 0.2) is 0 Å². The third kappa shape index (κ3) is 11.1. The fraction of sp³-hybridized carbons (Fsp3) is 1.00. The van der Waals surface area contributed by atoms with Crippen LogP contribution < -0.4 is 5.32 Å². The molecule has 1 nitrogen and oxygen atoms in total. The van der Waals surface area contributed by atoms with Crippen molar-refractivity contribution in [3.8, 4) is 0 Å². The summed E-state index contributed by atoms with van der Waals surface area (Å²) >= 11 is 0. The lowest BCUT2D eigenvalue weighted by molar-refractivity contribution is 0.383. The zero-order chi connectivity index (χ0) is 13.6. The molecule has 0 heterocycles. The van der Waals surface area contributed by atoms with Crippen LogP contribution in [-0.4, -0.2) is 13.1 Å². The Balaban J connectivity index is 3.34. The minimum Gasteiger partial charge on any atom is -0.317 e. The second-order valence-corrected chi connectivity index (χ2v) is 6.00. The van der Waals surface area contributed by atoms with Gasteiger partial charge in [-0.1, -0.05) is 78.6 Å². The molecule has 1 N–H and O–H groups in total. The molecule has 2 atom stereocenters. The molecule has 0 saturated heterocycles. The summed E-state index contributed by atoms with van der Waals surface area (Å²) in [6.07, 6.45) is 15.5. The van der Waals surface area contributed by atoms with Gasteiger partial charge in [-0.3, -0.25) is 0 Å². The average molecular weight is 255 g/mol. The highest BCUT2D eigenvalue weighted by Crippen LogP contribution is 2.15. The number of hydrogen-bond donors (Lipinski definition) is 1. The summed E-state index contributed by atoms with van der Waals surface area (Å²) in [4.78, 5) is 0. The highest BCUT2D eigenvalue weighted by Gasteiger charge is 2.09. The lowest BCUT2D eigenvalue weighted by Gasteiger charge is -2.19. The summed E-state index contributed by atoms with van der Waals surface area (Å²) in [6, 6.07) is 0.750. The Morgan fingerprint density at radius 3 is 1.89 bits per heavy atom. The van der Waals surface area contributed by atoms with Gasteiger partial charge in [0.25, 0.3) is 0 Å². The molecular weight excluding hydrogens is 218 g/mol. The van der Waals surface area contributed by atoms with Crippen LogP contribution in [0.15, 0.2) is 0 Å². The standard InChI is InChI=1S/C17H37N/c1-5-7-8-9-10-11-12-13-14-17(18-4)15-16(3)6-2/h16-18H,5-15H2,1-4H3. The van der Waals surface area contributed by atoms with Crippen LogP contribution in [-0.2, 0) is 0 Å². The molecule has 0 rings (SSSR count).